The summed E-state index contributed by atoms with van der Waals surface area (Å²) in [6.45, 7) is 0.430. The molecule has 0 atom stereocenters. The van der Waals surface area contributed by atoms with Crippen molar-refractivity contribution < 1.29 is 14.7 Å². The zero-order valence-corrected chi connectivity index (χ0v) is 16.8. The number of hydrogen-bond donors (Lipinski definition) is 1. The molecule has 0 bridgehead atoms. The van der Waals surface area contributed by atoms with E-state index in [9.17, 15) is 14.7 Å². The van der Waals surface area contributed by atoms with Crippen LogP contribution in [-0.2, 0) is 6.54 Å². The SMILES string of the molecule is O=C(O)c1ccccc1-c1cccc(C(=O)N(Cc2ccccc2)c2ccccc2)c1. The number of para-hydroxylation sites is 1. The topological polar surface area (TPSA) is 57.6 Å². The Labute approximate surface area is 181 Å². The summed E-state index contributed by atoms with van der Waals surface area (Å²) in [6, 6.07) is 33.3. The Morgan fingerprint density at radius 1 is 0.710 bits per heavy atom. The minimum Gasteiger partial charge on any atom is -0.478 e. The van der Waals surface area contributed by atoms with E-state index in [-0.39, 0.29) is 11.5 Å². The molecule has 1 N–H and O–H groups in total. The monoisotopic (exact) mass is 407 g/mol. The van der Waals surface area contributed by atoms with Gasteiger partial charge in [0.2, 0.25) is 0 Å². The predicted molar refractivity (Wildman–Crippen MR) is 122 cm³/mol. The van der Waals surface area contributed by atoms with Gasteiger partial charge in [-0.1, -0.05) is 78.9 Å². The zero-order chi connectivity index (χ0) is 21.6. The number of nitrogens with zero attached hydrogens (tertiary/aromatic N) is 1. The van der Waals surface area contributed by atoms with E-state index in [0.717, 1.165) is 11.3 Å². The summed E-state index contributed by atoms with van der Waals surface area (Å²) in [5.74, 6) is -1.15. The second kappa shape index (κ2) is 9.09. The third-order valence-corrected chi connectivity index (χ3v) is 5.07. The lowest BCUT2D eigenvalue weighted by Crippen LogP contribution is -2.30. The van der Waals surface area contributed by atoms with Gasteiger partial charge in [-0.05, 0) is 47.0 Å². The molecular weight excluding hydrogens is 386 g/mol. The Hall–Kier alpha value is -4.18. The molecule has 4 aromatic rings. The normalized spacial score (nSPS) is 10.5. The highest BCUT2D eigenvalue weighted by Gasteiger charge is 2.19. The molecule has 0 unspecified atom stereocenters. The van der Waals surface area contributed by atoms with Crippen molar-refractivity contribution in [2.45, 2.75) is 6.54 Å². The number of carboxylic acid groups (broad SMARTS) is 1. The molecule has 4 heteroatoms. The van der Waals surface area contributed by atoms with Gasteiger partial charge in [-0.15, -0.1) is 0 Å². The van der Waals surface area contributed by atoms with Crippen molar-refractivity contribution in [2.75, 3.05) is 4.90 Å². The van der Waals surface area contributed by atoms with Gasteiger partial charge in [-0.3, -0.25) is 4.79 Å². The second-order valence-electron chi connectivity index (χ2n) is 7.14. The number of hydrogen-bond acceptors (Lipinski definition) is 2. The van der Waals surface area contributed by atoms with Gasteiger partial charge >= 0.3 is 5.97 Å². The maximum absolute atomic E-state index is 13.6. The number of amides is 1. The predicted octanol–water partition coefficient (Wildman–Crippen LogP) is 5.90. The molecule has 0 spiro atoms. The van der Waals surface area contributed by atoms with Gasteiger partial charge in [0, 0.05) is 11.3 Å². The molecule has 0 aliphatic heterocycles. The molecule has 152 valence electrons. The molecule has 0 aliphatic rings. The minimum absolute atomic E-state index is 0.148. The van der Waals surface area contributed by atoms with Crippen LogP contribution in [-0.4, -0.2) is 17.0 Å². The largest absolute Gasteiger partial charge is 0.478 e. The van der Waals surface area contributed by atoms with Crippen LogP contribution in [0.25, 0.3) is 11.1 Å². The van der Waals surface area contributed by atoms with E-state index >= 15 is 0 Å². The maximum atomic E-state index is 13.6. The van der Waals surface area contributed by atoms with Crippen LogP contribution in [0.15, 0.2) is 109 Å². The van der Waals surface area contributed by atoms with Crippen LogP contribution in [0.3, 0.4) is 0 Å². The van der Waals surface area contributed by atoms with Crippen molar-refractivity contribution in [1.82, 2.24) is 0 Å². The fraction of sp³-hybridized carbons (Fsp3) is 0.0370. The molecule has 0 heterocycles. The van der Waals surface area contributed by atoms with E-state index in [4.69, 9.17) is 0 Å². The number of carboxylic acids is 1. The van der Waals surface area contributed by atoms with Crippen LogP contribution in [0.2, 0.25) is 0 Å². The molecule has 31 heavy (non-hydrogen) atoms. The smallest absolute Gasteiger partial charge is 0.336 e. The van der Waals surface area contributed by atoms with Crippen LogP contribution in [0.4, 0.5) is 5.69 Å². The van der Waals surface area contributed by atoms with E-state index in [1.807, 2.05) is 66.7 Å². The van der Waals surface area contributed by atoms with Gasteiger partial charge < -0.3 is 10.0 Å². The Morgan fingerprint density at radius 2 is 1.35 bits per heavy atom. The van der Waals surface area contributed by atoms with E-state index < -0.39 is 5.97 Å². The van der Waals surface area contributed by atoms with Gasteiger partial charge in [0.1, 0.15) is 0 Å². The van der Waals surface area contributed by atoms with Crippen LogP contribution >= 0.6 is 0 Å². The van der Waals surface area contributed by atoms with Crippen molar-refractivity contribution in [1.29, 1.82) is 0 Å². The Bertz CT molecular complexity index is 1200. The van der Waals surface area contributed by atoms with Crippen molar-refractivity contribution in [3.05, 3.63) is 126 Å². The molecule has 0 saturated heterocycles. The first-order valence-electron chi connectivity index (χ1n) is 9.97. The maximum Gasteiger partial charge on any atom is 0.336 e. The Morgan fingerprint density at radius 3 is 2.06 bits per heavy atom. The molecular formula is C27H21NO3. The zero-order valence-electron chi connectivity index (χ0n) is 16.8. The molecule has 0 saturated carbocycles. The van der Waals surface area contributed by atoms with Gasteiger partial charge in [-0.25, -0.2) is 4.79 Å². The van der Waals surface area contributed by atoms with Crippen LogP contribution < -0.4 is 4.90 Å². The molecule has 0 radical (unpaired) electrons. The van der Waals surface area contributed by atoms with E-state index in [1.165, 1.54) is 0 Å². The van der Waals surface area contributed by atoms with E-state index in [0.29, 0.717) is 23.2 Å². The molecule has 4 nitrogen and oxygen atoms in total. The quantitative estimate of drug-likeness (QED) is 0.433. The summed E-state index contributed by atoms with van der Waals surface area (Å²) >= 11 is 0. The van der Waals surface area contributed by atoms with Crippen molar-refractivity contribution >= 4 is 17.6 Å². The molecule has 0 aliphatic carbocycles. The minimum atomic E-state index is -0.998. The highest BCUT2D eigenvalue weighted by molar-refractivity contribution is 6.07. The third kappa shape index (κ3) is 4.54. The fourth-order valence-electron chi connectivity index (χ4n) is 3.55. The van der Waals surface area contributed by atoms with Gasteiger partial charge in [-0.2, -0.15) is 0 Å². The molecule has 0 fully saturated rings. The first-order chi connectivity index (χ1) is 15.1. The molecule has 1 amide bonds. The summed E-state index contributed by atoms with van der Waals surface area (Å²) in [7, 11) is 0. The van der Waals surface area contributed by atoms with Crippen molar-refractivity contribution in [2.24, 2.45) is 0 Å². The number of aromatic carboxylic acids is 1. The molecule has 4 aromatic carbocycles. The average Bonchev–Trinajstić information content (AvgIpc) is 2.83. The summed E-state index contributed by atoms with van der Waals surface area (Å²) < 4.78 is 0. The Balaban J connectivity index is 1.73. The summed E-state index contributed by atoms with van der Waals surface area (Å²) in [5, 5.41) is 9.53. The highest BCUT2D eigenvalue weighted by atomic mass is 16.4. The highest BCUT2D eigenvalue weighted by Crippen LogP contribution is 2.26. The average molecular weight is 407 g/mol. The first-order valence-corrected chi connectivity index (χ1v) is 9.97. The number of carbonyl (C=O) groups is 2. The number of anilines is 1. The number of carbonyl (C=O) groups excluding carboxylic acids is 1. The fourth-order valence-corrected chi connectivity index (χ4v) is 3.55. The van der Waals surface area contributed by atoms with E-state index in [2.05, 4.69) is 0 Å². The Kier molecular flexibility index (Phi) is 5.90. The summed E-state index contributed by atoms with van der Waals surface area (Å²) in [6.07, 6.45) is 0. The summed E-state index contributed by atoms with van der Waals surface area (Å²) in [5.41, 5.74) is 3.80. The van der Waals surface area contributed by atoms with Gasteiger partial charge in [0.15, 0.2) is 0 Å². The van der Waals surface area contributed by atoms with E-state index in [1.54, 1.807) is 47.4 Å². The van der Waals surface area contributed by atoms with Crippen molar-refractivity contribution in [3.8, 4) is 11.1 Å². The number of rotatable bonds is 6. The van der Waals surface area contributed by atoms with Gasteiger partial charge in [0.05, 0.1) is 12.1 Å². The standard InChI is InChI=1S/C27H21NO3/c29-26(28(23-14-5-2-6-15-23)19-20-10-3-1-4-11-20)22-13-9-12-21(18-22)24-16-7-8-17-25(24)27(30)31/h1-18H,19H2,(H,30,31). The van der Waals surface area contributed by atoms with Gasteiger partial charge in [0.25, 0.3) is 5.91 Å². The van der Waals surface area contributed by atoms with Crippen LogP contribution in [0.1, 0.15) is 26.3 Å². The van der Waals surface area contributed by atoms with Crippen LogP contribution in [0, 0.1) is 0 Å². The third-order valence-electron chi connectivity index (χ3n) is 5.07. The second-order valence-corrected chi connectivity index (χ2v) is 7.14. The molecule has 4 rings (SSSR count). The lowest BCUT2D eigenvalue weighted by molar-refractivity contribution is 0.0697. The molecule has 0 aromatic heterocycles. The lowest BCUT2D eigenvalue weighted by atomic mass is 9.97. The van der Waals surface area contributed by atoms with Crippen molar-refractivity contribution in [3.63, 3.8) is 0 Å². The summed E-state index contributed by atoms with van der Waals surface area (Å²) in [4.78, 5) is 26.9. The number of benzene rings is 4. The lowest BCUT2D eigenvalue weighted by Gasteiger charge is -2.23. The first kappa shape index (κ1) is 20.1. The van der Waals surface area contributed by atoms with Crippen LogP contribution in [0.5, 0.6) is 0 Å².